The van der Waals surface area contributed by atoms with E-state index in [0.717, 1.165) is 31.8 Å². The third-order valence-corrected chi connectivity index (χ3v) is 7.10. The van der Waals surface area contributed by atoms with E-state index in [1.54, 1.807) is 10.5 Å². The van der Waals surface area contributed by atoms with E-state index in [4.69, 9.17) is 0 Å². The zero-order valence-corrected chi connectivity index (χ0v) is 16.7. The minimum absolute atomic E-state index is 0.159. The van der Waals surface area contributed by atoms with Crippen molar-refractivity contribution >= 4 is 16.9 Å². The molecule has 4 heteroatoms. The van der Waals surface area contributed by atoms with Crippen LogP contribution in [0.3, 0.4) is 0 Å². The molecule has 0 saturated heterocycles. The number of benzene rings is 1. The first-order valence-electron chi connectivity index (χ1n) is 10.8. The van der Waals surface area contributed by atoms with E-state index >= 15 is 0 Å². The Bertz CT molecular complexity index is 875. The maximum Gasteiger partial charge on any atom is 0.320 e. The Kier molecular flexibility index (Phi) is 4.18. The first-order valence-corrected chi connectivity index (χ1v) is 10.8. The van der Waals surface area contributed by atoms with Crippen LogP contribution in [0.25, 0.3) is 10.9 Å². The molecule has 2 aromatic rings. The summed E-state index contributed by atoms with van der Waals surface area (Å²) >= 11 is 0. The molecule has 3 aliphatic rings. The predicted octanol–water partition coefficient (Wildman–Crippen LogP) is 5.06. The highest BCUT2D eigenvalue weighted by molar-refractivity contribution is 5.87. The predicted molar refractivity (Wildman–Crippen MR) is 109 cm³/mol. The molecule has 2 amide bonds. The van der Waals surface area contributed by atoms with Crippen molar-refractivity contribution < 1.29 is 4.79 Å². The van der Waals surface area contributed by atoms with Crippen molar-refractivity contribution in [1.29, 1.82) is 0 Å². The number of urea groups is 1. The lowest BCUT2D eigenvalue weighted by atomic mass is 9.83. The van der Waals surface area contributed by atoms with Gasteiger partial charge in [-0.3, -0.25) is 0 Å². The second kappa shape index (κ2) is 6.57. The number of rotatable bonds is 1. The molecular weight excluding hydrogens is 334 g/mol. The molecule has 144 valence electrons. The molecule has 1 unspecified atom stereocenters. The number of carbonyl (C=O) groups is 1. The van der Waals surface area contributed by atoms with E-state index in [2.05, 4.69) is 27.7 Å². The number of aromatic nitrogens is 1. The minimum Gasteiger partial charge on any atom is -0.341 e. The monoisotopic (exact) mass is 365 g/mol. The van der Waals surface area contributed by atoms with E-state index < -0.39 is 0 Å². The van der Waals surface area contributed by atoms with Gasteiger partial charge in [0, 0.05) is 43.8 Å². The third kappa shape index (κ3) is 2.67. The lowest BCUT2D eigenvalue weighted by molar-refractivity contribution is 0.125. The molecule has 1 fully saturated rings. The van der Waals surface area contributed by atoms with E-state index in [0.29, 0.717) is 0 Å². The van der Waals surface area contributed by atoms with Gasteiger partial charge in [-0.05, 0) is 61.3 Å². The SMILES string of the molecule is CN(C)C(=O)N1CCn2c3c(c4cc(C5CCCCC5)ccc42)CCCC31. The maximum absolute atomic E-state index is 12.7. The molecule has 0 spiro atoms. The summed E-state index contributed by atoms with van der Waals surface area (Å²) in [5.74, 6) is 0.749. The molecule has 1 aromatic heterocycles. The van der Waals surface area contributed by atoms with E-state index in [-0.39, 0.29) is 12.1 Å². The zero-order chi connectivity index (χ0) is 18.5. The van der Waals surface area contributed by atoms with Gasteiger partial charge in [-0.1, -0.05) is 25.3 Å². The Balaban J connectivity index is 1.59. The summed E-state index contributed by atoms with van der Waals surface area (Å²) in [7, 11) is 3.74. The van der Waals surface area contributed by atoms with Crippen LogP contribution in [0.5, 0.6) is 0 Å². The number of fused-ring (bicyclic) bond motifs is 3. The molecule has 1 saturated carbocycles. The van der Waals surface area contributed by atoms with Crippen molar-refractivity contribution in [1.82, 2.24) is 14.4 Å². The second-order valence-electron chi connectivity index (χ2n) is 8.91. The number of hydrogen-bond donors (Lipinski definition) is 0. The molecule has 4 nitrogen and oxygen atoms in total. The summed E-state index contributed by atoms with van der Waals surface area (Å²) in [4.78, 5) is 16.6. The number of carbonyl (C=O) groups excluding carboxylic acids is 1. The number of aryl methyl sites for hydroxylation is 1. The highest BCUT2D eigenvalue weighted by Crippen LogP contribution is 2.44. The Morgan fingerprint density at radius 1 is 1.04 bits per heavy atom. The molecular formula is C23H31N3O. The molecule has 0 bridgehead atoms. The van der Waals surface area contributed by atoms with Crippen molar-refractivity contribution in [2.24, 2.45) is 0 Å². The number of hydrogen-bond acceptors (Lipinski definition) is 1. The third-order valence-electron chi connectivity index (χ3n) is 7.10. The van der Waals surface area contributed by atoms with Crippen molar-refractivity contribution in [2.45, 2.75) is 69.9 Å². The van der Waals surface area contributed by atoms with Gasteiger partial charge >= 0.3 is 6.03 Å². The molecule has 1 aliphatic heterocycles. The van der Waals surface area contributed by atoms with Crippen LogP contribution in [0.4, 0.5) is 4.79 Å². The summed E-state index contributed by atoms with van der Waals surface area (Å²) in [6, 6.07) is 7.68. The van der Waals surface area contributed by atoms with Gasteiger partial charge in [0.05, 0.1) is 6.04 Å². The van der Waals surface area contributed by atoms with Crippen molar-refractivity contribution in [3.05, 3.63) is 35.0 Å². The zero-order valence-electron chi connectivity index (χ0n) is 16.7. The Labute approximate surface area is 162 Å². The molecule has 0 N–H and O–H groups in total. The Morgan fingerprint density at radius 2 is 1.85 bits per heavy atom. The average molecular weight is 366 g/mol. The normalized spacial score (nSPS) is 22.7. The minimum atomic E-state index is 0.159. The molecule has 2 heterocycles. The Morgan fingerprint density at radius 3 is 2.63 bits per heavy atom. The maximum atomic E-state index is 12.7. The van der Waals surface area contributed by atoms with Crippen LogP contribution in [0.2, 0.25) is 0 Å². The Hall–Kier alpha value is -1.97. The fraction of sp³-hybridized carbons (Fsp3) is 0.609. The van der Waals surface area contributed by atoms with Gasteiger partial charge in [-0.25, -0.2) is 4.79 Å². The van der Waals surface area contributed by atoms with E-state index in [9.17, 15) is 4.79 Å². The molecule has 5 rings (SSSR count). The van der Waals surface area contributed by atoms with Gasteiger partial charge in [0.15, 0.2) is 0 Å². The van der Waals surface area contributed by atoms with Crippen LogP contribution in [-0.2, 0) is 13.0 Å². The van der Waals surface area contributed by atoms with Gasteiger partial charge in [-0.15, -0.1) is 0 Å². The van der Waals surface area contributed by atoms with Crippen LogP contribution in [0.15, 0.2) is 18.2 Å². The van der Waals surface area contributed by atoms with Crippen LogP contribution < -0.4 is 0 Å². The lowest BCUT2D eigenvalue weighted by Crippen LogP contribution is -2.47. The fourth-order valence-corrected chi connectivity index (χ4v) is 5.80. The van der Waals surface area contributed by atoms with Crippen molar-refractivity contribution in [3.63, 3.8) is 0 Å². The molecule has 1 atom stereocenters. The van der Waals surface area contributed by atoms with Crippen LogP contribution in [0.1, 0.15) is 73.7 Å². The molecule has 1 aromatic carbocycles. The molecule has 2 aliphatic carbocycles. The number of nitrogens with zero attached hydrogens (tertiary/aromatic N) is 3. The average Bonchev–Trinajstić information content (AvgIpc) is 3.03. The summed E-state index contributed by atoms with van der Waals surface area (Å²) < 4.78 is 2.53. The van der Waals surface area contributed by atoms with Crippen molar-refractivity contribution in [3.8, 4) is 0 Å². The van der Waals surface area contributed by atoms with Gasteiger partial charge in [0.25, 0.3) is 0 Å². The highest BCUT2D eigenvalue weighted by Gasteiger charge is 2.37. The first-order chi connectivity index (χ1) is 13.1. The topological polar surface area (TPSA) is 28.5 Å². The molecule has 27 heavy (non-hydrogen) atoms. The highest BCUT2D eigenvalue weighted by atomic mass is 16.2. The summed E-state index contributed by atoms with van der Waals surface area (Å²) in [5, 5.41) is 1.47. The van der Waals surface area contributed by atoms with Gasteiger partial charge in [-0.2, -0.15) is 0 Å². The second-order valence-corrected chi connectivity index (χ2v) is 8.91. The standard InChI is InChI=1S/C23H31N3O/c1-24(2)23(27)26-14-13-25-20-12-11-17(16-7-4-3-5-8-16)15-19(20)18-9-6-10-21(26)22(18)25/h11-12,15-16,21H,3-10,13-14H2,1-2H3. The van der Waals surface area contributed by atoms with Gasteiger partial charge < -0.3 is 14.4 Å². The van der Waals surface area contributed by atoms with Crippen LogP contribution in [0, 0.1) is 0 Å². The summed E-state index contributed by atoms with van der Waals surface area (Å²) in [6.07, 6.45) is 10.3. The fourth-order valence-electron chi connectivity index (χ4n) is 5.80. The van der Waals surface area contributed by atoms with Gasteiger partial charge in [0.1, 0.15) is 0 Å². The summed E-state index contributed by atoms with van der Waals surface area (Å²) in [6.45, 7) is 1.74. The van der Waals surface area contributed by atoms with E-state index in [1.165, 1.54) is 60.7 Å². The summed E-state index contributed by atoms with van der Waals surface area (Å²) in [5.41, 5.74) is 5.89. The largest absolute Gasteiger partial charge is 0.341 e. The number of amides is 2. The van der Waals surface area contributed by atoms with Crippen molar-refractivity contribution in [2.75, 3.05) is 20.6 Å². The van der Waals surface area contributed by atoms with Crippen LogP contribution in [-0.4, -0.2) is 41.0 Å². The quantitative estimate of drug-likeness (QED) is 0.694. The molecule has 0 radical (unpaired) electrons. The lowest BCUT2D eigenvalue weighted by Gasteiger charge is -2.40. The first kappa shape index (κ1) is 17.2. The van der Waals surface area contributed by atoms with Crippen LogP contribution >= 0.6 is 0 Å². The van der Waals surface area contributed by atoms with Gasteiger partial charge in [0.2, 0.25) is 0 Å². The van der Waals surface area contributed by atoms with E-state index in [1.807, 2.05) is 14.1 Å². The smallest absolute Gasteiger partial charge is 0.320 e.